The predicted molar refractivity (Wildman–Crippen MR) is 34.0 cm³/mol. The molecule has 12 heavy (non-hydrogen) atoms. The molecular formula is C3H6N6O3. The van der Waals surface area contributed by atoms with Gasteiger partial charge < -0.3 is 5.11 Å². The molecule has 1 heterocycles. The maximum absolute atomic E-state index is 9.90. The highest BCUT2D eigenvalue weighted by molar-refractivity contribution is 4.46. The lowest BCUT2D eigenvalue weighted by molar-refractivity contribution is -0.491. The van der Waals surface area contributed by atoms with Crippen LogP contribution >= 0.6 is 0 Å². The predicted octanol–water partition coefficient (Wildman–Crippen LogP) is -2.31. The number of hydrogen-bond donors (Lipinski definition) is 2. The number of rotatable bonds is 3. The summed E-state index contributed by atoms with van der Waals surface area (Å²) in [6.07, 6.45) is 0. The lowest BCUT2D eigenvalue weighted by atomic mass is 10.7. The van der Waals surface area contributed by atoms with E-state index in [1.165, 1.54) is 0 Å². The van der Waals surface area contributed by atoms with Crippen molar-refractivity contribution < 1.29 is 10.1 Å². The first-order valence-electron chi connectivity index (χ1n) is 3.02. The zero-order valence-electron chi connectivity index (χ0n) is 5.91. The van der Waals surface area contributed by atoms with Gasteiger partial charge in [0.2, 0.25) is 0 Å². The molecule has 0 atom stereocenters. The summed E-state index contributed by atoms with van der Waals surface area (Å²) in [5, 5.41) is 29.3. The molecule has 9 nitrogen and oxygen atoms in total. The van der Waals surface area contributed by atoms with E-state index in [-0.39, 0.29) is 18.8 Å². The van der Waals surface area contributed by atoms with Crippen LogP contribution in [0.2, 0.25) is 0 Å². The van der Waals surface area contributed by atoms with E-state index in [0.717, 1.165) is 4.68 Å². The summed E-state index contributed by atoms with van der Waals surface area (Å²) in [7, 11) is 0. The van der Waals surface area contributed by atoms with Gasteiger partial charge >= 0.3 is 5.62 Å². The van der Waals surface area contributed by atoms with Gasteiger partial charge in [0.1, 0.15) is 5.10 Å². The standard InChI is InChI=1S/C3H6N6O3/c10-2-1-8-3(4-6-7-8)5-9(11)12/h10H,1-2H2,(H,4,5,7). The Morgan fingerprint density at radius 2 is 2.58 bits per heavy atom. The van der Waals surface area contributed by atoms with Crippen molar-refractivity contribution in [1.29, 1.82) is 0 Å². The van der Waals surface area contributed by atoms with E-state index in [4.69, 9.17) is 5.11 Å². The van der Waals surface area contributed by atoms with Gasteiger partial charge in [0.25, 0.3) is 0 Å². The minimum absolute atomic E-state index is 0.139. The Morgan fingerprint density at radius 3 is 3.17 bits per heavy atom. The number of aliphatic hydroxyl groups is 1. The number of nitrogens with zero attached hydrogens (tertiary/aromatic N) is 5. The molecule has 1 aromatic heterocycles. The summed E-state index contributed by atoms with van der Waals surface area (Å²) in [6, 6.07) is 0. The largest absolute Gasteiger partial charge is 0.394 e. The number of aliphatic hydroxyl groups excluding tert-OH is 1. The minimum Gasteiger partial charge on any atom is -0.394 e. The molecule has 0 amide bonds. The fourth-order valence-corrected chi connectivity index (χ4v) is 0.617. The Hall–Kier alpha value is -1.77. The number of H-pyrrole nitrogens is 1. The number of hydrogen-bond acceptors (Lipinski definition) is 5. The van der Waals surface area contributed by atoms with E-state index < -0.39 is 5.03 Å². The van der Waals surface area contributed by atoms with Gasteiger partial charge in [-0.3, -0.25) is 0 Å². The summed E-state index contributed by atoms with van der Waals surface area (Å²) in [5.74, 6) is 0. The van der Waals surface area contributed by atoms with E-state index in [0.29, 0.717) is 0 Å². The first-order valence-corrected chi connectivity index (χ1v) is 3.02. The van der Waals surface area contributed by atoms with Crippen LogP contribution in [0.4, 0.5) is 0 Å². The molecule has 0 aromatic carbocycles. The number of aromatic amines is 1. The van der Waals surface area contributed by atoms with Crippen LogP contribution in [0.15, 0.2) is 5.10 Å². The molecule has 0 unspecified atom stereocenters. The summed E-state index contributed by atoms with van der Waals surface area (Å²) in [5.41, 5.74) is -0.172. The van der Waals surface area contributed by atoms with Crippen molar-refractivity contribution in [2.24, 2.45) is 5.10 Å². The van der Waals surface area contributed by atoms with Crippen LogP contribution in [0.3, 0.4) is 0 Å². The third-order valence-electron chi connectivity index (χ3n) is 1.04. The molecule has 1 aromatic rings. The van der Waals surface area contributed by atoms with Crippen LogP contribution in [-0.4, -0.2) is 37.0 Å². The van der Waals surface area contributed by atoms with E-state index in [2.05, 4.69) is 20.6 Å². The Morgan fingerprint density at radius 1 is 1.83 bits per heavy atom. The number of aromatic nitrogens is 4. The van der Waals surface area contributed by atoms with Crippen molar-refractivity contribution in [3.05, 3.63) is 15.7 Å². The maximum Gasteiger partial charge on any atom is 0.337 e. The highest BCUT2D eigenvalue weighted by atomic mass is 16.7. The van der Waals surface area contributed by atoms with Crippen molar-refractivity contribution in [2.75, 3.05) is 6.61 Å². The second-order valence-electron chi connectivity index (χ2n) is 1.81. The van der Waals surface area contributed by atoms with E-state index in [1.54, 1.807) is 0 Å². The van der Waals surface area contributed by atoms with Gasteiger partial charge in [-0.25, -0.2) is 14.8 Å². The van der Waals surface area contributed by atoms with Crippen LogP contribution in [0.1, 0.15) is 0 Å². The van der Waals surface area contributed by atoms with E-state index >= 15 is 0 Å². The second kappa shape index (κ2) is 3.57. The molecule has 0 spiro atoms. The Labute approximate surface area is 65.5 Å². The molecule has 0 saturated heterocycles. The third-order valence-corrected chi connectivity index (χ3v) is 1.04. The highest BCUT2D eigenvalue weighted by Crippen LogP contribution is 1.70. The van der Waals surface area contributed by atoms with Crippen molar-refractivity contribution >= 4 is 0 Å². The molecule has 66 valence electrons. The van der Waals surface area contributed by atoms with E-state index in [9.17, 15) is 10.1 Å². The van der Waals surface area contributed by atoms with Gasteiger partial charge in [0.05, 0.1) is 13.2 Å². The quantitative estimate of drug-likeness (QED) is 0.393. The Kier molecular flexibility index (Phi) is 2.48. The van der Waals surface area contributed by atoms with Crippen LogP contribution in [0.25, 0.3) is 0 Å². The van der Waals surface area contributed by atoms with E-state index in [1.807, 2.05) is 0 Å². The first kappa shape index (κ1) is 8.33. The van der Waals surface area contributed by atoms with Crippen molar-refractivity contribution in [3.63, 3.8) is 0 Å². The average Bonchev–Trinajstić information content (AvgIpc) is 2.37. The molecule has 0 aliphatic rings. The molecule has 2 N–H and O–H groups in total. The normalized spacial score (nSPS) is 11.9. The molecule has 0 radical (unpaired) electrons. The smallest absolute Gasteiger partial charge is 0.337 e. The lowest BCUT2D eigenvalue weighted by Crippen LogP contribution is -2.23. The summed E-state index contributed by atoms with van der Waals surface area (Å²) < 4.78 is 1.16. The Bertz CT molecular complexity index is 325. The monoisotopic (exact) mass is 174 g/mol. The molecular weight excluding hydrogens is 168 g/mol. The molecule has 0 fully saturated rings. The van der Waals surface area contributed by atoms with Gasteiger partial charge in [-0.15, -0.1) is 0 Å². The zero-order chi connectivity index (χ0) is 8.97. The fraction of sp³-hybridized carbons (Fsp3) is 0.667. The second-order valence-corrected chi connectivity index (χ2v) is 1.81. The van der Waals surface area contributed by atoms with Gasteiger partial charge in [0, 0.05) is 0 Å². The van der Waals surface area contributed by atoms with Crippen LogP contribution in [0, 0.1) is 10.1 Å². The molecule has 0 bridgehead atoms. The van der Waals surface area contributed by atoms with Crippen molar-refractivity contribution in [3.8, 4) is 0 Å². The molecule has 1 rings (SSSR count). The van der Waals surface area contributed by atoms with Gasteiger partial charge in [0.15, 0.2) is 5.03 Å². The van der Waals surface area contributed by atoms with Crippen molar-refractivity contribution in [2.45, 2.75) is 6.54 Å². The summed E-state index contributed by atoms with van der Waals surface area (Å²) >= 11 is 0. The van der Waals surface area contributed by atoms with Crippen molar-refractivity contribution in [1.82, 2.24) is 20.2 Å². The zero-order valence-corrected chi connectivity index (χ0v) is 5.91. The summed E-state index contributed by atoms with van der Waals surface area (Å²) in [6.45, 7) is -0.0333. The summed E-state index contributed by atoms with van der Waals surface area (Å²) in [4.78, 5) is 9.90. The number of tetrazole rings is 1. The van der Waals surface area contributed by atoms with Gasteiger partial charge in [-0.2, -0.15) is 5.21 Å². The maximum atomic E-state index is 9.90. The Balaban J connectivity index is 2.98. The third kappa shape index (κ3) is 1.85. The van der Waals surface area contributed by atoms with Gasteiger partial charge in [-0.05, 0) is 5.21 Å². The topological polar surface area (TPSA) is 122 Å². The average molecular weight is 174 g/mol. The minimum atomic E-state index is -0.883. The molecule has 0 aliphatic heterocycles. The molecule has 9 heteroatoms. The molecule has 0 saturated carbocycles. The number of nitro groups is 1. The van der Waals surface area contributed by atoms with Gasteiger partial charge in [-0.1, -0.05) is 5.10 Å². The highest BCUT2D eigenvalue weighted by Gasteiger charge is 1.99. The number of nitrogens with one attached hydrogen (secondary N) is 1. The van der Waals surface area contributed by atoms with Crippen LogP contribution < -0.4 is 5.62 Å². The first-order chi connectivity index (χ1) is 5.74. The molecule has 0 aliphatic carbocycles. The SMILES string of the molecule is O=[N+]([O-])N=c1nn[nH]n1CCO. The fourth-order valence-electron chi connectivity index (χ4n) is 0.617. The van der Waals surface area contributed by atoms with Crippen LogP contribution in [0.5, 0.6) is 0 Å². The van der Waals surface area contributed by atoms with Crippen LogP contribution in [-0.2, 0) is 6.54 Å². The lowest BCUT2D eigenvalue weighted by Gasteiger charge is -1.92.